The Kier molecular flexibility index (Phi) is 3.25. The Labute approximate surface area is 120 Å². The van der Waals surface area contributed by atoms with Crippen LogP contribution in [0.3, 0.4) is 0 Å². The van der Waals surface area contributed by atoms with Gasteiger partial charge in [0.15, 0.2) is 11.3 Å². The fraction of sp³-hybridized carbons (Fsp3) is 0.529. The lowest BCUT2D eigenvalue weighted by Crippen LogP contribution is -2.24. The van der Waals surface area contributed by atoms with Crippen LogP contribution in [0.4, 0.5) is 0 Å². The summed E-state index contributed by atoms with van der Waals surface area (Å²) in [5.41, 5.74) is 2.02. The van der Waals surface area contributed by atoms with Crippen LogP contribution in [0.2, 0.25) is 0 Å². The summed E-state index contributed by atoms with van der Waals surface area (Å²) < 4.78 is 12.0. The zero-order valence-corrected chi connectivity index (χ0v) is 12.7. The van der Waals surface area contributed by atoms with Crippen molar-refractivity contribution in [2.75, 3.05) is 6.54 Å². The molecular formula is C17H23NO2. The molecule has 0 amide bonds. The number of nitrogens with one attached hydrogen (secondary N) is 1. The van der Waals surface area contributed by atoms with Crippen molar-refractivity contribution in [1.29, 1.82) is 0 Å². The molecule has 0 atom stereocenters. The molecule has 0 saturated heterocycles. The maximum absolute atomic E-state index is 6.05. The van der Waals surface area contributed by atoms with Crippen LogP contribution in [0.1, 0.15) is 39.0 Å². The van der Waals surface area contributed by atoms with Crippen molar-refractivity contribution in [3.8, 4) is 5.75 Å². The largest absolute Gasteiger partial charge is 0.483 e. The molecule has 0 bridgehead atoms. The summed E-state index contributed by atoms with van der Waals surface area (Å²) in [6.07, 6.45) is 0.944. The zero-order chi connectivity index (χ0) is 14.3. The fourth-order valence-electron chi connectivity index (χ4n) is 2.76. The smallest absolute Gasteiger partial charge is 0.176 e. The standard InChI is InChI=1S/C17H23NO2/c1-11(2)9-18-10-14-7-12-5-6-13-8-17(3,4)20-16(13)15(12)19-14/h5-7,11,18H,8-10H2,1-4H3. The summed E-state index contributed by atoms with van der Waals surface area (Å²) in [5.74, 6) is 2.55. The third-order valence-corrected chi connectivity index (χ3v) is 3.62. The summed E-state index contributed by atoms with van der Waals surface area (Å²) in [4.78, 5) is 0. The van der Waals surface area contributed by atoms with E-state index in [9.17, 15) is 0 Å². The van der Waals surface area contributed by atoms with E-state index in [2.05, 4.69) is 51.2 Å². The van der Waals surface area contributed by atoms with Gasteiger partial charge >= 0.3 is 0 Å². The summed E-state index contributed by atoms with van der Waals surface area (Å²) in [5, 5.41) is 4.54. The molecule has 1 aromatic heterocycles. The second-order valence-electron chi connectivity index (χ2n) is 6.75. The second kappa shape index (κ2) is 4.81. The minimum atomic E-state index is -0.126. The number of hydrogen-bond donors (Lipinski definition) is 1. The first-order valence-electron chi connectivity index (χ1n) is 7.39. The van der Waals surface area contributed by atoms with Crippen molar-refractivity contribution in [1.82, 2.24) is 5.32 Å². The Morgan fingerprint density at radius 3 is 2.85 bits per heavy atom. The normalized spacial score (nSPS) is 16.6. The molecule has 0 unspecified atom stereocenters. The van der Waals surface area contributed by atoms with Crippen molar-refractivity contribution in [2.24, 2.45) is 5.92 Å². The van der Waals surface area contributed by atoms with Crippen molar-refractivity contribution in [2.45, 2.75) is 46.3 Å². The number of benzene rings is 1. The molecule has 0 spiro atoms. The van der Waals surface area contributed by atoms with Crippen LogP contribution >= 0.6 is 0 Å². The average molecular weight is 273 g/mol. The first-order chi connectivity index (χ1) is 9.44. The lowest BCUT2D eigenvalue weighted by Gasteiger charge is -2.16. The predicted octanol–water partition coefficient (Wildman–Crippen LogP) is 3.89. The van der Waals surface area contributed by atoms with E-state index in [1.54, 1.807) is 0 Å². The van der Waals surface area contributed by atoms with E-state index >= 15 is 0 Å². The van der Waals surface area contributed by atoms with E-state index in [0.717, 1.165) is 42.0 Å². The Bertz CT molecular complexity index is 625. The lowest BCUT2D eigenvalue weighted by molar-refractivity contribution is 0.138. The van der Waals surface area contributed by atoms with Crippen LogP contribution in [0.15, 0.2) is 22.6 Å². The summed E-state index contributed by atoms with van der Waals surface area (Å²) >= 11 is 0. The molecule has 3 rings (SSSR count). The van der Waals surface area contributed by atoms with Crippen molar-refractivity contribution < 1.29 is 9.15 Å². The van der Waals surface area contributed by atoms with E-state index in [0.29, 0.717) is 5.92 Å². The van der Waals surface area contributed by atoms with Crippen molar-refractivity contribution in [3.05, 3.63) is 29.5 Å². The summed E-state index contributed by atoms with van der Waals surface area (Å²) in [7, 11) is 0. The molecule has 20 heavy (non-hydrogen) atoms. The zero-order valence-electron chi connectivity index (χ0n) is 12.7. The highest BCUT2D eigenvalue weighted by atomic mass is 16.5. The van der Waals surface area contributed by atoms with Gasteiger partial charge < -0.3 is 14.5 Å². The molecular weight excluding hydrogens is 250 g/mol. The molecule has 0 radical (unpaired) electrons. The molecule has 0 fully saturated rings. The Morgan fingerprint density at radius 2 is 2.10 bits per heavy atom. The molecule has 1 N–H and O–H groups in total. The minimum Gasteiger partial charge on any atom is -0.483 e. The highest BCUT2D eigenvalue weighted by Crippen LogP contribution is 2.41. The topological polar surface area (TPSA) is 34.4 Å². The molecule has 2 heterocycles. The molecule has 0 saturated carbocycles. The highest BCUT2D eigenvalue weighted by Gasteiger charge is 2.32. The molecule has 108 valence electrons. The third kappa shape index (κ3) is 2.55. The van der Waals surface area contributed by atoms with Crippen molar-refractivity contribution >= 4 is 11.0 Å². The molecule has 3 nitrogen and oxygen atoms in total. The minimum absolute atomic E-state index is 0.126. The number of ether oxygens (including phenoxy) is 1. The maximum Gasteiger partial charge on any atom is 0.176 e. The van der Waals surface area contributed by atoms with Gasteiger partial charge in [-0.05, 0) is 32.4 Å². The molecule has 0 aliphatic carbocycles. The SMILES string of the molecule is CC(C)CNCc1cc2ccc3c(c2o1)OC(C)(C)C3. The van der Waals surface area contributed by atoms with Gasteiger partial charge in [0.05, 0.1) is 6.54 Å². The summed E-state index contributed by atoms with van der Waals surface area (Å²) in [6.45, 7) is 10.4. The molecule has 1 aromatic carbocycles. The van der Waals surface area contributed by atoms with E-state index in [1.165, 1.54) is 5.56 Å². The highest BCUT2D eigenvalue weighted by molar-refractivity contribution is 5.85. The average Bonchev–Trinajstić information content (AvgIpc) is 2.87. The van der Waals surface area contributed by atoms with Gasteiger partial charge in [-0.2, -0.15) is 0 Å². The van der Waals surface area contributed by atoms with E-state index < -0.39 is 0 Å². The number of hydrogen-bond acceptors (Lipinski definition) is 3. The first kappa shape index (κ1) is 13.5. The van der Waals surface area contributed by atoms with Gasteiger partial charge in [-0.1, -0.05) is 26.0 Å². The van der Waals surface area contributed by atoms with Crippen LogP contribution < -0.4 is 10.1 Å². The van der Waals surface area contributed by atoms with Crippen molar-refractivity contribution in [3.63, 3.8) is 0 Å². The van der Waals surface area contributed by atoms with Crippen LogP contribution in [-0.4, -0.2) is 12.1 Å². The number of rotatable bonds is 4. The van der Waals surface area contributed by atoms with E-state index in [-0.39, 0.29) is 5.60 Å². The van der Waals surface area contributed by atoms with Gasteiger partial charge in [0.2, 0.25) is 0 Å². The van der Waals surface area contributed by atoms with Gasteiger partial charge in [0, 0.05) is 17.4 Å². The molecule has 1 aliphatic rings. The predicted molar refractivity (Wildman–Crippen MR) is 81.2 cm³/mol. The quantitative estimate of drug-likeness (QED) is 0.917. The Morgan fingerprint density at radius 1 is 1.30 bits per heavy atom. The molecule has 2 aromatic rings. The van der Waals surface area contributed by atoms with Gasteiger partial charge in [-0.15, -0.1) is 0 Å². The maximum atomic E-state index is 6.05. The Hall–Kier alpha value is -1.48. The summed E-state index contributed by atoms with van der Waals surface area (Å²) in [6, 6.07) is 6.40. The monoisotopic (exact) mass is 273 g/mol. The van der Waals surface area contributed by atoms with E-state index in [4.69, 9.17) is 9.15 Å². The Balaban J connectivity index is 1.86. The lowest BCUT2D eigenvalue weighted by atomic mass is 10.0. The molecule has 3 heteroatoms. The molecule has 1 aliphatic heterocycles. The van der Waals surface area contributed by atoms with Gasteiger partial charge in [-0.3, -0.25) is 0 Å². The van der Waals surface area contributed by atoms with Crippen LogP contribution in [0.25, 0.3) is 11.0 Å². The van der Waals surface area contributed by atoms with E-state index in [1.807, 2.05) is 0 Å². The van der Waals surface area contributed by atoms with Gasteiger partial charge in [0.1, 0.15) is 11.4 Å². The third-order valence-electron chi connectivity index (χ3n) is 3.62. The van der Waals surface area contributed by atoms with Gasteiger partial charge in [-0.25, -0.2) is 0 Å². The number of fused-ring (bicyclic) bond motifs is 3. The second-order valence-corrected chi connectivity index (χ2v) is 6.75. The van der Waals surface area contributed by atoms with Crippen LogP contribution in [0.5, 0.6) is 5.75 Å². The fourth-order valence-corrected chi connectivity index (χ4v) is 2.76. The van der Waals surface area contributed by atoms with Crippen LogP contribution in [0, 0.1) is 5.92 Å². The van der Waals surface area contributed by atoms with Crippen LogP contribution in [-0.2, 0) is 13.0 Å². The van der Waals surface area contributed by atoms with Gasteiger partial charge in [0.25, 0.3) is 0 Å². The number of furan rings is 1. The first-order valence-corrected chi connectivity index (χ1v) is 7.39.